The summed E-state index contributed by atoms with van der Waals surface area (Å²) in [5.41, 5.74) is 4.31. The zero-order valence-corrected chi connectivity index (χ0v) is 23.3. The molecule has 3 N–H and O–H groups in total. The topological polar surface area (TPSA) is 103 Å². The van der Waals surface area contributed by atoms with Crippen LogP contribution in [0.15, 0.2) is 73.1 Å². The second-order valence-electron chi connectivity index (χ2n) is 9.85. The van der Waals surface area contributed by atoms with Crippen LogP contribution in [-0.4, -0.2) is 33.1 Å². The van der Waals surface area contributed by atoms with Crippen molar-refractivity contribution in [3.05, 3.63) is 106 Å². The van der Waals surface area contributed by atoms with Gasteiger partial charge < -0.3 is 16.0 Å². The van der Waals surface area contributed by atoms with Crippen LogP contribution in [0.25, 0.3) is 10.9 Å². The number of fused-ring (bicyclic) bond motifs is 1. The molecular formula is C30H25Cl2FN8. The minimum absolute atomic E-state index is 0.0319. The molecule has 1 aliphatic heterocycles. The number of benzene rings is 3. The summed E-state index contributed by atoms with van der Waals surface area (Å²) >= 11 is 12.6. The van der Waals surface area contributed by atoms with E-state index >= 15 is 0 Å². The summed E-state index contributed by atoms with van der Waals surface area (Å²) < 4.78 is 15.7. The first kappa shape index (κ1) is 27.0. The first-order valence-electron chi connectivity index (χ1n) is 13.2. The third kappa shape index (κ3) is 5.68. The molecule has 6 rings (SSSR count). The zero-order chi connectivity index (χ0) is 28.3. The van der Waals surface area contributed by atoms with Crippen LogP contribution in [-0.2, 0) is 0 Å². The quantitative estimate of drug-likeness (QED) is 0.188. The van der Waals surface area contributed by atoms with E-state index < -0.39 is 5.82 Å². The first-order valence-corrected chi connectivity index (χ1v) is 13.9. The van der Waals surface area contributed by atoms with E-state index in [2.05, 4.69) is 37.3 Å². The van der Waals surface area contributed by atoms with E-state index in [-0.39, 0.29) is 11.1 Å². The number of halogens is 3. The van der Waals surface area contributed by atoms with Crippen LogP contribution < -0.4 is 16.0 Å². The Morgan fingerprint density at radius 2 is 1.88 bits per heavy atom. The van der Waals surface area contributed by atoms with Crippen LogP contribution in [0.3, 0.4) is 0 Å². The van der Waals surface area contributed by atoms with Crippen LogP contribution >= 0.6 is 23.2 Å². The van der Waals surface area contributed by atoms with Crippen molar-refractivity contribution in [2.45, 2.75) is 24.9 Å². The number of nitrogens with zero attached hydrogens (tertiary/aromatic N) is 5. The molecule has 206 valence electrons. The summed E-state index contributed by atoms with van der Waals surface area (Å²) in [5, 5.41) is 30.1. The fourth-order valence-electron chi connectivity index (χ4n) is 5.12. The Hall–Kier alpha value is -4.23. The number of rotatable bonds is 7. The average molecular weight is 587 g/mol. The predicted molar refractivity (Wildman–Crippen MR) is 159 cm³/mol. The maximum Gasteiger partial charge on any atom is 0.141 e. The largest absolute Gasteiger partial charge is 0.371 e. The van der Waals surface area contributed by atoms with Crippen molar-refractivity contribution in [2.24, 2.45) is 0 Å². The smallest absolute Gasteiger partial charge is 0.141 e. The standard InChI is InChI=1S/C30H25Cl2FN8/c31-20-12-23-28(37-21-6-7-25(33)24(32)14-21)19(15-34)16-36-30(23)26(13-20)38-29(18-4-2-1-3-5-18)27-17-41(40-39-27)22-8-10-35-11-9-22/h1-7,12-14,16-17,22,29,35,38H,8-11H2,(H,36,37). The Morgan fingerprint density at radius 1 is 1.07 bits per heavy atom. The predicted octanol–water partition coefficient (Wildman–Crippen LogP) is 7.01. The molecule has 8 nitrogen and oxygen atoms in total. The van der Waals surface area contributed by atoms with Crippen molar-refractivity contribution in [1.82, 2.24) is 25.3 Å². The number of aromatic nitrogens is 4. The van der Waals surface area contributed by atoms with Crippen molar-refractivity contribution < 1.29 is 4.39 Å². The Balaban J connectivity index is 1.42. The Bertz CT molecular complexity index is 1750. The van der Waals surface area contributed by atoms with Crippen LogP contribution in [0.5, 0.6) is 0 Å². The minimum atomic E-state index is -0.532. The molecule has 41 heavy (non-hydrogen) atoms. The monoisotopic (exact) mass is 586 g/mol. The fraction of sp³-hybridized carbons (Fsp3) is 0.200. The van der Waals surface area contributed by atoms with Gasteiger partial charge >= 0.3 is 0 Å². The molecule has 11 heteroatoms. The summed E-state index contributed by atoms with van der Waals surface area (Å²) in [7, 11) is 0. The molecular weight excluding hydrogens is 562 g/mol. The third-order valence-electron chi connectivity index (χ3n) is 7.18. The van der Waals surface area contributed by atoms with Gasteiger partial charge in [0.15, 0.2) is 0 Å². The number of anilines is 3. The molecule has 0 saturated carbocycles. The van der Waals surface area contributed by atoms with Gasteiger partial charge in [-0.05, 0) is 61.8 Å². The number of nitriles is 1. The van der Waals surface area contributed by atoms with Gasteiger partial charge in [-0.2, -0.15) is 5.26 Å². The van der Waals surface area contributed by atoms with E-state index in [4.69, 9.17) is 23.2 Å². The van der Waals surface area contributed by atoms with Gasteiger partial charge in [-0.25, -0.2) is 9.07 Å². The van der Waals surface area contributed by atoms with E-state index in [1.807, 2.05) is 41.2 Å². The third-order valence-corrected chi connectivity index (χ3v) is 7.69. The van der Waals surface area contributed by atoms with Gasteiger partial charge in [0.2, 0.25) is 0 Å². The van der Waals surface area contributed by atoms with E-state index in [9.17, 15) is 9.65 Å². The van der Waals surface area contributed by atoms with Crippen molar-refractivity contribution in [1.29, 1.82) is 5.26 Å². The maximum atomic E-state index is 13.8. The molecule has 3 aromatic carbocycles. The highest BCUT2D eigenvalue weighted by molar-refractivity contribution is 6.32. The summed E-state index contributed by atoms with van der Waals surface area (Å²) in [4.78, 5) is 4.63. The van der Waals surface area contributed by atoms with Crippen LogP contribution in [0.2, 0.25) is 10.0 Å². The lowest BCUT2D eigenvalue weighted by Crippen LogP contribution is -2.29. The summed E-state index contributed by atoms with van der Waals surface area (Å²) in [5.74, 6) is -0.532. The summed E-state index contributed by atoms with van der Waals surface area (Å²) in [6, 6.07) is 19.9. The Morgan fingerprint density at radius 3 is 2.63 bits per heavy atom. The molecule has 2 aromatic heterocycles. The molecule has 1 atom stereocenters. The fourth-order valence-corrected chi connectivity index (χ4v) is 5.52. The van der Waals surface area contributed by atoms with Crippen molar-refractivity contribution in [2.75, 3.05) is 23.7 Å². The Labute approximate surface area is 246 Å². The minimum Gasteiger partial charge on any atom is -0.371 e. The lowest BCUT2D eigenvalue weighted by Gasteiger charge is -2.22. The number of nitrogens with one attached hydrogen (secondary N) is 3. The van der Waals surface area contributed by atoms with Gasteiger partial charge in [0.05, 0.1) is 45.8 Å². The summed E-state index contributed by atoms with van der Waals surface area (Å²) in [6.45, 7) is 1.90. The molecule has 5 aromatic rings. The van der Waals surface area contributed by atoms with Crippen molar-refractivity contribution >= 4 is 51.2 Å². The highest BCUT2D eigenvalue weighted by atomic mass is 35.5. The second-order valence-corrected chi connectivity index (χ2v) is 10.7. The SMILES string of the molecule is N#Cc1cnc2c(NC(c3ccccc3)c3cn(C4CCNCC4)nn3)cc(Cl)cc2c1Nc1ccc(F)c(Cl)c1. The molecule has 0 bridgehead atoms. The normalized spacial score (nSPS) is 14.5. The van der Waals surface area contributed by atoms with Crippen LogP contribution in [0.1, 0.15) is 41.7 Å². The van der Waals surface area contributed by atoms with Gasteiger partial charge in [0.25, 0.3) is 0 Å². The van der Waals surface area contributed by atoms with Gasteiger partial charge in [-0.15, -0.1) is 5.10 Å². The van der Waals surface area contributed by atoms with Gasteiger partial charge in [0, 0.05) is 22.3 Å². The van der Waals surface area contributed by atoms with E-state index in [1.165, 1.54) is 18.3 Å². The maximum absolute atomic E-state index is 13.8. The highest BCUT2D eigenvalue weighted by Gasteiger charge is 2.23. The number of hydrogen-bond donors (Lipinski definition) is 3. The molecule has 0 radical (unpaired) electrons. The van der Waals surface area contributed by atoms with Crippen molar-refractivity contribution in [3.8, 4) is 6.07 Å². The second kappa shape index (κ2) is 11.7. The van der Waals surface area contributed by atoms with Gasteiger partial charge in [-0.1, -0.05) is 58.7 Å². The number of piperidine rings is 1. The van der Waals surface area contributed by atoms with Gasteiger partial charge in [-0.3, -0.25) is 4.98 Å². The molecule has 0 amide bonds. The summed E-state index contributed by atoms with van der Waals surface area (Å²) in [6.07, 6.45) is 5.48. The molecule has 0 aliphatic carbocycles. The van der Waals surface area contributed by atoms with Crippen LogP contribution in [0.4, 0.5) is 21.5 Å². The average Bonchev–Trinajstić information content (AvgIpc) is 3.49. The molecule has 1 unspecified atom stereocenters. The molecule has 1 aliphatic rings. The number of pyridine rings is 1. The highest BCUT2D eigenvalue weighted by Crippen LogP contribution is 2.38. The lowest BCUT2D eigenvalue weighted by atomic mass is 10.0. The number of hydrogen-bond acceptors (Lipinski definition) is 7. The molecule has 3 heterocycles. The molecule has 1 saturated heterocycles. The first-order chi connectivity index (χ1) is 20.0. The van der Waals surface area contributed by atoms with E-state index in [1.54, 1.807) is 18.2 Å². The van der Waals surface area contributed by atoms with E-state index in [0.717, 1.165) is 37.2 Å². The molecule has 0 spiro atoms. The van der Waals surface area contributed by atoms with Gasteiger partial charge in [0.1, 0.15) is 17.6 Å². The van der Waals surface area contributed by atoms with Crippen LogP contribution in [0, 0.1) is 17.1 Å². The van der Waals surface area contributed by atoms with Crippen molar-refractivity contribution in [3.63, 3.8) is 0 Å². The Kier molecular flexibility index (Phi) is 7.70. The zero-order valence-electron chi connectivity index (χ0n) is 21.8. The van der Waals surface area contributed by atoms with E-state index in [0.29, 0.717) is 44.6 Å². The lowest BCUT2D eigenvalue weighted by molar-refractivity contribution is 0.337. The molecule has 1 fully saturated rings.